The van der Waals surface area contributed by atoms with Crippen molar-refractivity contribution >= 4 is 11.9 Å². The van der Waals surface area contributed by atoms with Crippen LogP contribution >= 0.6 is 0 Å². The fourth-order valence-corrected chi connectivity index (χ4v) is 0.910. The van der Waals surface area contributed by atoms with Crippen LogP contribution in [0, 0.1) is 0 Å². The van der Waals surface area contributed by atoms with Gasteiger partial charge < -0.3 is 4.74 Å². The third-order valence-corrected chi connectivity index (χ3v) is 1.61. The van der Waals surface area contributed by atoms with Gasteiger partial charge in [0.25, 0.3) is 0 Å². The summed E-state index contributed by atoms with van der Waals surface area (Å²) in [6.45, 7) is 3.89. The van der Waals surface area contributed by atoms with Gasteiger partial charge in [0.2, 0.25) is 5.91 Å². The highest BCUT2D eigenvalue weighted by atomic mass is 16.5. The molecule has 1 aliphatic rings. The SMILES string of the molecule is CCCC(=O)N=C1[N]NC(CC)O1. The van der Waals surface area contributed by atoms with E-state index in [4.69, 9.17) is 4.74 Å². The molecule has 1 heterocycles. The van der Waals surface area contributed by atoms with Crippen LogP contribution in [0.4, 0.5) is 0 Å². The molecule has 1 fully saturated rings. The van der Waals surface area contributed by atoms with Crippen LogP contribution in [-0.2, 0) is 9.53 Å². The molecule has 0 aromatic heterocycles. The highest BCUT2D eigenvalue weighted by molar-refractivity contribution is 5.90. The van der Waals surface area contributed by atoms with Crippen LogP contribution in [0.1, 0.15) is 33.1 Å². The summed E-state index contributed by atoms with van der Waals surface area (Å²) in [6, 6.07) is 0.158. The predicted octanol–water partition coefficient (Wildman–Crippen LogP) is 0.544. The number of carbonyl (C=O) groups is 1. The first-order valence-electron chi connectivity index (χ1n) is 4.50. The summed E-state index contributed by atoms with van der Waals surface area (Å²) in [5.74, 6) is -0.181. The van der Waals surface area contributed by atoms with Gasteiger partial charge in [-0.25, -0.2) is 0 Å². The molecule has 0 saturated carbocycles. The molecule has 1 atom stereocenters. The second-order valence-electron chi connectivity index (χ2n) is 2.79. The molecule has 0 aliphatic carbocycles. The van der Waals surface area contributed by atoms with Gasteiger partial charge in [0.05, 0.1) is 0 Å². The lowest BCUT2D eigenvalue weighted by Gasteiger charge is -2.01. The third kappa shape index (κ3) is 3.02. The van der Waals surface area contributed by atoms with Crippen molar-refractivity contribution in [2.75, 3.05) is 0 Å². The third-order valence-electron chi connectivity index (χ3n) is 1.61. The van der Waals surface area contributed by atoms with E-state index in [9.17, 15) is 4.79 Å². The monoisotopic (exact) mass is 184 g/mol. The lowest BCUT2D eigenvalue weighted by molar-refractivity contribution is -0.117. The fraction of sp³-hybridized carbons (Fsp3) is 0.750. The van der Waals surface area contributed by atoms with Gasteiger partial charge in [0, 0.05) is 6.42 Å². The largest absolute Gasteiger partial charge is 0.442 e. The van der Waals surface area contributed by atoms with E-state index in [-0.39, 0.29) is 18.2 Å². The van der Waals surface area contributed by atoms with Crippen LogP contribution in [0.15, 0.2) is 4.99 Å². The summed E-state index contributed by atoms with van der Waals surface area (Å²) < 4.78 is 5.18. The smallest absolute Gasteiger partial charge is 0.333 e. The van der Waals surface area contributed by atoms with Gasteiger partial charge in [-0.1, -0.05) is 13.8 Å². The minimum Gasteiger partial charge on any atom is -0.442 e. The molecular formula is C8H14N3O2. The Labute approximate surface area is 77.5 Å². The first kappa shape index (κ1) is 9.98. The molecule has 0 aromatic carbocycles. The lowest BCUT2D eigenvalue weighted by atomic mass is 10.3. The molecule has 1 N–H and O–H groups in total. The standard InChI is InChI=1S/C8H14N3O2/c1-3-5-6(12)9-8-11-10-7(4-2)13-8/h7,10H,3-5H2,1-2H3. The van der Waals surface area contributed by atoms with Crippen molar-refractivity contribution in [2.45, 2.75) is 39.3 Å². The van der Waals surface area contributed by atoms with Crippen LogP contribution in [0.25, 0.3) is 0 Å². The summed E-state index contributed by atoms with van der Waals surface area (Å²) in [7, 11) is 0. The summed E-state index contributed by atoms with van der Waals surface area (Å²) in [4.78, 5) is 14.7. The Hall–Kier alpha value is -1.10. The maximum absolute atomic E-state index is 11.0. The highest BCUT2D eigenvalue weighted by Gasteiger charge is 2.21. The molecule has 0 bridgehead atoms. The molecule has 1 unspecified atom stereocenters. The van der Waals surface area contributed by atoms with Crippen molar-refractivity contribution in [1.82, 2.24) is 10.9 Å². The van der Waals surface area contributed by atoms with Crippen molar-refractivity contribution in [3.8, 4) is 0 Å². The Morgan fingerprint density at radius 3 is 3.00 bits per heavy atom. The Bertz CT molecular complexity index is 215. The predicted molar refractivity (Wildman–Crippen MR) is 47.8 cm³/mol. The Morgan fingerprint density at radius 2 is 2.46 bits per heavy atom. The van der Waals surface area contributed by atoms with Gasteiger partial charge >= 0.3 is 6.02 Å². The van der Waals surface area contributed by atoms with Crippen LogP contribution in [0.5, 0.6) is 0 Å². The van der Waals surface area contributed by atoms with Gasteiger partial charge in [-0.05, 0) is 12.8 Å². The van der Waals surface area contributed by atoms with Gasteiger partial charge in [0.1, 0.15) is 0 Å². The minimum atomic E-state index is -0.181. The van der Waals surface area contributed by atoms with Gasteiger partial charge in [-0.3, -0.25) is 4.79 Å². The van der Waals surface area contributed by atoms with Crippen LogP contribution in [-0.4, -0.2) is 18.2 Å². The fourth-order valence-electron chi connectivity index (χ4n) is 0.910. The number of hydrogen-bond acceptors (Lipinski definition) is 3. The molecule has 1 saturated heterocycles. The zero-order valence-corrected chi connectivity index (χ0v) is 7.91. The molecule has 0 aromatic rings. The molecule has 1 amide bonds. The highest BCUT2D eigenvalue weighted by Crippen LogP contribution is 2.01. The van der Waals surface area contributed by atoms with Crippen LogP contribution in [0.2, 0.25) is 0 Å². The van der Waals surface area contributed by atoms with Gasteiger partial charge in [-0.15, -0.1) is 5.43 Å². The topological polar surface area (TPSA) is 64.8 Å². The number of nitrogens with zero attached hydrogens (tertiary/aromatic N) is 2. The molecule has 5 nitrogen and oxygen atoms in total. The average Bonchev–Trinajstić information content (AvgIpc) is 2.52. The Morgan fingerprint density at radius 1 is 1.69 bits per heavy atom. The minimum absolute atomic E-state index is 0.131. The van der Waals surface area contributed by atoms with Crippen molar-refractivity contribution in [1.29, 1.82) is 0 Å². The van der Waals surface area contributed by atoms with Crippen LogP contribution < -0.4 is 10.9 Å². The number of amidine groups is 1. The van der Waals surface area contributed by atoms with Crippen molar-refractivity contribution in [3.05, 3.63) is 0 Å². The van der Waals surface area contributed by atoms with E-state index in [0.717, 1.165) is 12.8 Å². The summed E-state index contributed by atoms with van der Waals surface area (Å²) >= 11 is 0. The number of amides is 1. The van der Waals surface area contributed by atoms with Gasteiger partial charge in [-0.2, -0.15) is 10.4 Å². The van der Waals surface area contributed by atoms with E-state index in [1.807, 2.05) is 13.8 Å². The second-order valence-corrected chi connectivity index (χ2v) is 2.79. The van der Waals surface area contributed by atoms with E-state index in [0.29, 0.717) is 6.42 Å². The number of rotatable bonds is 3. The average molecular weight is 184 g/mol. The zero-order valence-electron chi connectivity index (χ0n) is 7.91. The normalized spacial score (nSPS) is 24.2. The molecule has 0 spiro atoms. The molecule has 1 radical (unpaired) electrons. The van der Waals surface area contributed by atoms with Crippen molar-refractivity contribution < 1.29 is 9.53 Å². The van der Waals surface area contributed by atoms with Crippen LogP contribution in [0.3, 0.4) is 0 Å². The summed E-state index contributed by atoms with van der Waals surface area (Å²) in [5.41, 5.74) is 6.49. The molecular weight excluding hydrogens is 170 g/mol. The van der Waals surface area contributed by atoms with Crippen molar-refractivity contribution in [3.63, 3.8) is 0 Å². The number of ether oxygens (including phenoxy) is 1. The molecule has 13 heavy (non-hydrogen) atoms. The second kappa shape index (κ2) is 4.81. The first-order chi connectivity index (χ1) is 6.26. The number of hydrogen-bond donors (Lipinski definition) is 1. The maximum Gasteiger partial charge on any atom is 0.333 e. The molecule has 1 aliphatic heterocycles. The number of aliphatic imine (C=N–C) groups is 1. The number of nitrogens with one attached hydrogen (secondary N) is 1. The van der Waals surface area contributed by atoms with E-state index in [1.165, 1.54) is 0 Å². The van der Waals surface area contributed by atoms with E-state index in [1.54, 1.807) is 0 Å². The Balaban J connectivity index is 2.40. The molecule has 1 rings (SSSR count). The Kier molecular flexibility index (Phi) is 3.70. The lowest BCUT2D eigenvalue weighted by Crippen LogP contribution is -2.25. The van der Waals surface area contributed by atoms with Crippen molar-refractivity contribution in [2.24, 2.45) is 4.99 Å². The molecule has 73 valence electrons. The summed E-state index contributed by atoms with van der Waals surface area (Å²) in [5, 5.41) is 0. The summed E-state index contributed by atoms with van der Waals surface area (Å²) in [6.07, 6.45) is 1.90. The number of carbonyl (C=O) groups excluding carboxylic acids is 1. The van der Waals surface area contributed by atoms with E-state index < -0.39 is 0 Å². The maximum atomic E-state index is 11.0. The zero-order chi connectivity index (χ0) is 9.68. The van der Waals surface area contributed by atoms with E-state index in [2.05, 4.69) is 15.8 Å². The van der Waals surface area contributed by atoms with Gasteiger partial charge in [0.15, 0.2) is 6.23 Å². The molecule has 5 heteroatoms. The first-order valence-corrected chi connectivity index (χ1v) is 4.50. The quantitative estimate of drug-likeness (QED) is 0.696. The van der Waals surface area contributed by atoms with E-state index >= 15 is 0 Å².